The first-order valence-electron chi connectivity index (χ1n) is 8.13. The van der Waals surface area contributed by atoms with E-state index in [1.54, 1.807) is 6.07 Å². The lowest BCUT2D eigenvalue weighted by Gasteiger charge is -2.25. The second kappa shape index (κ2) is 8.11. The molecule has 1 aromatic rings. The van der Waals surface area contributed by atoms with E-state index >= 15 is 0 Å². The van der Waals surface area contributed by atoms with E-state index in [0.717, 1.165) is 19.4 Å². The van der Waals surface area contributed by atoms with Crippen molar-refractivity contribution in [3.05, 3.63) is 18.0 Å². The summed E-state index contributed by atoms with van der Waals surface area (Å²) in [5, 5.41) is 3.06. The highest BCUT2D eigenvalue weighted by atomic mass is 16.1. The van der Waals surface area contributed by atoms with Crippen molar-refractivity contribution in [1.29, 1.82) is 0 Å². The van der Waals surface area contributed by atoms with Crippen molar-refractivity contribution >= 4 is 11.6 Å². The number of nitrogens with zero attached hydrogens (tertiary/aromatic N) is 1. The van der Waals surface area contributed by atoms with E-state index in [1.807, 2.05) is 10.8 Å². The first kappa shape index (κ1) is 17.6. The van der Waals surface area contributed by atoms with Crippen molar-refractivity contribution in [2.24, 2.45) is 5.41 Å². The van der Waals surface area contributed by atoms with E-state index in [4.69, 9.17) is 5.73 Å². The van der Waals surface area contributed by atoms with Crippen LogP contribution in [-0.4, -0.2) is 17.0 Å². The SMILES string of the molecule is CCCCCC(C)(C)CNC(=O)c1cc(N)cn1CCC. The quantitative estimate of drug-likeness (QED) is 0.680. The third-order valence-corrected chi connectivity index (χ3v) is 3.80. The van der Waals surface area contributed by atoms with E-state index in [-0.39, 0.29) is 11.3 Å². The molecule has 0 saturated heterocycles. The number of amides is 1. The molecule has 1 amide bonds. The average Bonchev–Trinajstić information content (AvgIpc) is 2.78. The number of carbonyl (C=O) groups excluding carboxylic acids is 1. The van der Waals surface area contributed by atoms with Crippen LogP contribution in [0, 0.1) is 5.41 Å². The van der Waals surface area contributed by atoms with Crippen LogP contribution in [0.2, 0.25) is 0 Å². The van der Waals surface area contributed by atoms with Gasteiger partial charge in [0.2, 0.25) is 0 Å². The number of aromatic nitrogens is 1. The average molecular weight is 293 g/mol. The minimum absolute atomic E-state index is 0.0243. The Morgan fingerprint density at radius 2 is 2.00 bits per heavy atom. The molecule has 0 bridgehead atoms. The van der Waals surface area contributed by atoms with Gasteiger partial charge in [-0.25, -0.2) is 0 Å². The molecule has 21 heavy (non-hydrogen) atoms. The summed E-state index contributed by atoms with van der Waals surface area (Å²) in [6.07, 6.45) is 7.67. The lowest BCUT2D eigenvalue weighted by Crippen LogP contribution is -2.35. The van der Waals surface area contributed by atoms with Crippen LogP contribution in [0.15, 0.2) is 12.3 Å². The van der Waals surface area contributed by atoms with Gasteiger partial charge in [-0.1, -0.05) is 47.0 Å². The summed E-state index contributed by atoms with van der Waals surface area (Å²) in [5.41, 5.74) is 7.26. The van der Waals surface area contributed by atoms with Gasteiger partial charge in [-0.15, -0.1) is 0 Å². The molecule has 0 aliphatic carbocycles. The predicted molar refractivity (Wildman–Crippen MR) is 89.4 cm³/mol. The topological polar surface area (TPSA) is 60.1 Å². The second-order valence-electron chi connectivity index (χ2n) is 6.66. The van der Waals surface area contributed by atoms with Crippen molar-refractivity contribution in [3.63, 3.8) is 0 Å². The fourth-order valence-electron chi connectivity index (χ4n) is 2.50. The Morgan fingerprint density at radius 3 is 2.62 bits per heavy atom. The van der Waals surface area contributed by atoms with Crippen molar-refractivity contribution in [2.75, 3.05) is 12.3 Å². The molecule has 4 nitrogen and oxygen atoms in total. The van der Waals surface area contributed by atoms with Gasteiger partial charge in [-0.3, -0.25) is 4.79 Å². The number of unbranched alkanes of at least 4 members (excludes halogenated alkanes) is 2. The minimum atomic E-state index is -0.0243. The van der Waals surface area contributed by atoms with Gasteiger partial charge < -0.3 is 15.6 Å². The number of nitrogens with two attached hydrogens (primary N) is 1. The zero-order valence-electron chi connectivity index (χ0n) is 14.0. The van der Waals surface area contributed by atoms with E-state index in [2.05, 4.69) is 33.0 Å². The van der Waals surface area contributed by atoms with Gasteiger partial charge in [0, 0.05) is 19.3 Å². The van der Waals surface area contributed by atoms with Crippen molar-refractivity contribution in [2.45, 2.75) is 66.3 Å². The van der Waals surface area contributed by atoms with Gasteiger partial charge in [0.05, 0.1) is 5.69 Å². The molecule has 0 spiro atoms. The van der Waals surface area contributed by atoms with Crippen molar-refractivity contribution in [1.82, 2.24) is 9.88 Å². The first-order valence-corrected chi connectivity index (χ1v) is 8.13. The summed E-state index contributed by atoms with van der Waals surface area (Å²) in [4.78, 5) is 12.3. The van der Waals surface area contributed by atoms with Crippen molar-refractivity contribution < 1.29 is 4.79 Å². The van der Waals surface area contributed by atoms with Gasteiger partial charge in [0.1, 0.15) is 5.69 Å². The zero-order chi connectivity index (χ0) is 15.9. The maximum Gasteiger partial charge on any atom is 0.268 e. The highest BCUT2D eigenvalue weighted by Gasteiger charge is 2.20. The number of aryl methyl sites for hydroxylation is 1. The number of hydrogen-bond donors (Lipinski definition) is 2. The number of anilines is 1. The van der Waals surface area contributed by atoms with E-state index in [9.17, 15) is 4.79 Å². The van der Waals surface area contributed by atoms with E-state index in [0.29, 0.717) is 17.9 Å². The molecule has 4 heteroatoms. The third-order valence-electron chi connectivity index (χ3n) is 3.80. The van der Waals surface area contributed by atoms with Gasteiger partial charge in [-0.05, 0) is 24.3 Å². The van der Waals surface area contributed by atoms with Crippen LogP contribution in [0.4, 0.5) is 5.69 Å². The standard InChI is InChI=1S/C17H31N3O/c1-5-7-8-9-17(3,4)13-19-16(21)15-11-14(18)12-20(15)10-6-2/h11-12H,5-10,13,18H2,1-4H3,(H,19,21). The second-order valence-corrected chi connectivity index (χ2v) is 6.66. The maximum atomic E-state index is 12.3. The van der Waals surface area contributed by atoms with Crippen LogP contribution < -0.4 is 11.1 Å². The molecule has 0 saturated carbocycles. The molecule has 0 fully saturated rings. The van der Waals surface area contributed by atoms with Gasteiger partial charge in [0.15, 0.2) is 0 Å². The molecule has 1 rings (SSSR count). The molecule has 0 aliphatic rings. The first-order chi connectivity index (χ1) is 9.89. The summed E-state index contributed by atoms with van der Waals surface area (Å²) in [7, 11) is 0. The van der Waals surface area contributed by atoms with Crippen LogP contribution in [0.25, 0.3) is 0 Å². The van der Waals surface area contributed by atoms with Gasteiger partial charge in [-0.2, -0.15) is 0 Å². The number of nitrogens with one attached hydrogen (secondary N) is 1. The largest absolute Gasteiger partial charge is 0.397 e. The number of hydrogen-bond acceptors (Lipinski definition) is 2. The Kier molecular flexibility index (Phi) is 6.79. The Morgan fingerprint density at radius 1 is 1.29 bits per heavy atom. The van der Waals surface area contributed by atoms with Crippen LogP contribution in [0.1, 0.15) is 70.3 Å². The highest BCUT2D eigenvalue weighted by Crippen LogP contribution is 2.23. The van der Waals surface area contributed by atoms with E-state index < -0.39 is 0 Å². The molecule has 1 heterocycles. The number of nitrogen functional groups attached to an aromatic ring is 1. The fraction of sp³-hybridized carbons (Fsp3) is 0.706. The van der Waals surface area contributed by atoms with E-state index in [1.165, 1.54) is 19.3 Å². The van der Waals surface area contributed by atoms with Crippen molar-refractivity contribution in [3.8, 4) is 0 Å². The zero-order valence-corrected chi connectivity index (χ0v) is 14.0. The lowest BCUT2D eigenvalue weighted by molar-refractivity contribution is 0.0924. The number of carbonyl (C=O) groups is 1. The Labute approximate surface area is 129 Å². The summed E-state index contributed by atoms with van der Waals surface area (Å²) < 4.78 is 1.94. The molecule has 0 unspecified atom stereocenters. The summed E-state index contributed by atoms with van der Waals surface area (Å²) in [6, 6.07) is 1.76. The molecule has 0 radical (unpaired) electrons. The Balaban J connectivity index is 2.57. The summed E-state index contributed by atoms with van der Waals surface area (Å²) >= 11 is 0. The molecule has 0 aliphatic heterocycles. The molecular weight excluding hydrogens is 262 g/mol. The molecule has 0 aromatic carbocycles. The fourth-order valence-corrected chi connectivity index (χ4v) is 2.50. The minimum Gasteiger partial charge on any atom is -0.397 e. The van der Waals surface area contributed by atoms with Crippen LogP contribution in [0.5, 0.6) is 0 Å². The summed E-state index contributed by atoms with van der Waals surface area (Å²) in [5.74, 6) is -0.0243. The smallest absolute Gasteiger partial charge is 0.268 e. The molecule has 0 atom stereocenters. The lowest BCUT2D eigenvalue weighted by atomic mass is 9.87. The normalized spacial score (nSPS) is 11.6. The Hall–Kier alpha value is -1.45. The monoisotopic (exact) mass is 293 g/mol. The molecule has 3 N–H and O–H groups in total. The summed E-state index contributed by atoms with van der Waals surface area (Å²) in [6.45, 7) is 10.2. The molecular formula is C17H31N3O. The molecule has 1 aromatic heterocycles. The third kappa shape index (κ3) is 5.82. The number of rotatable bonds is 9. The van der Waals surface area contributed by atoms with Gasteiger partial charge >= 0.3 is 0 Å². The van der Waals surface area contributed by atoms with Gasteiger partial charge in [0.25, 0.3) is 5.91 Å². The predicted octanol–water partition coefficient (Wildman–Crippen LogP) is 3.82. The van der Waals surface area contributed by atoms with Crippen LogP contribution in [-0.2, 0) is 6.54 Å². The molecule has 120 valence electrons. The highest BCUT2D eigenvalue weighted by molar-refractivity contribution is 5.93. The van der Waals surface area contributed by atoms with Crippen LogP contribution in [0.3, 0.4) is 0 Å². The maximum absolute atomic E-state index is 12.3. The van der Waals surface area contributed by atoms with Crippen LogP contribution >= 0.6 is 0 Å². The Bertz CT molecular complexity index is 449.